The average Bonchev–Trinajstić information content (AvgIpc) is 2.93. The van der Waals surface area contributed by atoms with Gasteiger partial charge in [0.15, 0.2) is 0 Å². The minimum absolute atomic E-state index is 0.0908. The second-order valence-corrected chi connectivity index (χ2v) is 5.67. The van der Waals surface area contributed by atoms with Crippen molar-refractivity contribution in [1.29, 1.82) is 0 Å². The smallest absolute Gasteiger partial charge is 0.245 e. The molecule has 2 fully saturated rings. The molecular formula is C14H20N4O2. The second kappa shape index (κ2) is 5.01. The predicted molar refractivity (Wildman–Crippen MR) is 74.2 cm³/mol. The van der Waals surface area contributed by atoms with Crippen molar-refractivity contribution in [2.24, 2.45) is 0 Å². The van der Waals surface area contributed by atoms with E-state index in [1.165, 1.54) is 0 Å². The van der Waals surface area contributed by atoms with Crippen molar-refractivity contribution < 1.29 is 9.90 Å². The summed E-state index contributed by atoms with van der Waals surface area (Å²) in [7, 11) is 0. The molecule has 2 saturated heterocycles. The molecule has 0 aromatic carbocycles. The summed E-state index contributed by atoms with van der Waals surface area (Å²) in [5, 5.41) is 10.0. The number of amides is 1. The van der Waals surface area contributed by atoms with Gasteiger partial charge in [0, 0.05) is 18.9 Å². The van der Waals surface area contributed by atoms with Crippen molar-refractivity contribution >= 4 is 11.9 Å². The summed E-state index contributed by atoms with van der Waals surface area (Å²) in [5.41, 5.74) is -0.678. The molecule has 1 aromatic heterocycles. The summed E-state index contributed by atoms with van der Waals surface area (Å²) >= 11 is 0. The number of hydrogen-bond donors (Lipinski definition) is 1. The van der Waals surface area contributed by atoms with Crippen molar-refractivity contribution in [3.8, 4) is 0 Å². The van der Waals surface area contributed by atoms with Gasteiger partial charge in [-0.1, -0.05) is 6.92 Å². The zero-order chi connectivity index (χ0) is 14.2. The van der Waals surface area contributed by atoms with Gasteiger partial charge < -0.3 is 14.9 Å². The molecule has 2 aliphatic rings. The minimum Gasteiger partial charge on any atom is -0.386 e. The van der Waals surface area contributed by atoms with E-state index in [1.54, 1.807) is 23.4 Å². The Kier molecular flexibility index (Phi) is 3.33. The topological polar surface area (TPSA) is 69.6 Å². The molecule has 1 atom stereocenters. The van der Waals surface area contributed by atoms with Gasteiger partial charge in [-0.25, -0.2) is 9.97 Å². The average molecular weight is 276 g/mol. The van der Waals surface area contributed by atoms with E-state index in [1.807, 2.05) is 11.8 Å². The van der Waals surface area contributed by atoms with Gasteiger partial charge in [-0.05, 0) is 25.3 Å². The number of carbonyl (C=O) groups excluding carboxylic acids is 1. The summed E-state index contributed by atoms with van der Waals surface area (Å²) in [6.45, 7) is 3.65. The predicted octanol–water partition coefficient (Wildman–Crippen LogP) is 0.429. The zero-order valence-corrected chi connectivity index (χ0v) is 11.7. The number of likely N-dealkylation sites (tertiary alicyclic amines) is 1. The summed E-state index contributed by atoms with van der Waals surface area (Å²) in [6.07, 6.45) is 5.88. The number of anilines is 1. The highest BCUT2D eigenvalue weighted by molar-refractivity contribution is 5.86. The Labute approximate surface area is 118 Å². The van der Waals surface area contributed by atoms with Gasteiger partial charge in [-0.2, -0.15) is 0 Å². The maximum atomic E-state index is 12.5. The number of aromatic nitrogens is 2. The Balaban J connectivity index is 1.69. The maximum Gasteiger partial charge on any atom is 0.245 e. The lowest BCUT2D eigenvalue weighted by molar-refractivity contribution is -0.156. The molecule has 108 valence electrons. The van der Waals surface area contributed by atoms with E-state index in [0.717, 1.165) is 19.4 Å². The summed E-state index contributed by atoms with van der Waals surface area (Å²) in [6, 6.07) is 1.59. The molecule has 1 amide bonds. The quantitative estimate of drug-likeness (QED) is 0.867. The first-order valence-corrected chi connectivity index (χ1v) is 7.18. The van der Waals surface area contributed by atoms with E-state index in [4.69, 9.17) is 0 Å². The third-order valence-corrected chi connectivity index (χ3v) is 4.29. The number of hydrogen-bond acceptors (Lipinski definition) is 5. The van der Waals surface area contributed by atoms with Crippen molar-refractivity contribution in [2.75, 3.05) is 24.5 Å². The Bertz CT molecular complexity index is 487. The first-order chi connectivity index (χ1) is 9.63. The number of aliphatic hydroxyl groups is 1. The van der Waals surface area contributed by atoms with Crippen molar-refractivity contribution in [3.63, 3.8) is 0 Å². The molecule has 2 aliphatic heterocycles. The molecule has 3 rings (SSSR count). The van der Waals surface area contributed by atoms with E-state index in [0.29, 0.717) is 25.5 Å². The monoisotopic (exact) mass is 276 g/mol. The van der Waals surface area contributed by atoms with Crippen LogP contribution in [0.25, 0.3) is 0 Å². The molecular weight excluding hydrogens is 256 g/mol. The molecule has 6 nitrogen and oxygen atoms in total. The fraction of sp³-hybridized carbons (Fsp3) is 0.643. The van der Waals surface area contributed by atoms with Gasteiger partial charge in [-0.3, -0.25) is 4.79 Å². The molecule has 0 aliphatic carbocycles. The van der Waals surface area contributed by atoms with Crippen LogP contribution in [-0.2, 0) is 4.79 Å². The fourth-order valence-corrected chi connectivity index (χ4v) is 2.96. The highest BCUT2D eigenvalue weighted by atomic mass is 16.3. The van der Waals surface area contributed by atoms with Gasteiger partial charge in [0.25, 0.3) is 0 Å². The molecule has 6 heteroatoms. The molecule has 1 aromatic rings. The number of carbonyl (C=O) groups is 1. The van der Waals surface area contributed by atoms with Crippen LogP contribution in [0.15, 0.2) is 18.5 Å². The second-order valence-electron chi connectivity index (χ2n) is 5.67. The number of rotatable bonds is 3. The number of β-amino-alcohol motifs (C(OH)–C–C–N with tert-alkyl or cyclic N) is 1. The van der Waals surface area contributed by atoms with E-state index in [-0.39, 0.29) is 11.9 Å². The standard InChI is InChI=1S/C14H20N4O2/c1-2-14(20)9-17(10-14)12(19)11-5-3-8-18(11)13-15-6-4-7-16-13/h4,6-7,11,20H,2-3,5,8-10H2,1H3. The highest BCUT2D eigenvalue weighted by Gasteiger charge is 2.45. The maximum absolute atomic E-state index is 12.5. The summed E-state index contributed by atoms with van der Waals surface area (Å²) in [5.74, 6) is 0.711. The van der Waals surface area contributed by atoms with Crippen LogP contribution in [0.4, 0.5) is 5.95 Å². The van der Waals surface area contributed by atoms with Crippen LogP contribution >= 0.6 is 0 Å². The van der Waals surface area contributed by atoms with Gasteiger partial charge in [0.2, 0.25) is 11.9 Å². The third-order valence-electron chi connectivity index (χ3n) is 4.29. The third kappa shape index (κ3) is 2.24. The van der Waals surface area contributed by atoms with Crippen LogP contribution in [-0.4, -0.2) is 57.2 Å². The van der Waals surface area contributed by atoms with Crippen molar-refractivity contribution in [3.05, 3.63) is 18.5 Å². The van der Waals surface area contributed by atoms with Crippen LogP contribution in [0.2, 0.25) is 0 Å². The van der Waals surface area contributed by atoms with E-state index >= 15 is 0 Å². The van der Waals surface area contributed by atoms with Gasteiger partial charge >= 0.3 is 0 Å². The van der Waals surface area contributed by atoms with Crippen LogP contribution in [0.3, 0.4) is 0 Å². The minimum atomic E-state index is -0.678. The van der Waals surface area contributed by atoms with Gasteiger partial charge in [0.05, 0.1) is 18.7 Å². The first-order valence-electron chi connectivity index (χ1n) is 7.18. The Morgan fingerprint density at radius 3 is 2.80 bits per heavy atom. The lowest BCUT2D eigenvalue weighted by atomic mass is 9.90. The van der Waals surface area contributed by atoms with Crippen molar-refractivity contribution in [2.45, 2.75) is 37.8 Å². The molecule has 1 unspecified atom stereocenters. The van der Waals surface area contributed by atoms with E-state index < -0.39 is 5.60 Å². The highest BCUT2D eigenvalue weighted by Crippen LogP contribution is 2.29. The van der Waals surface area contributed by atoms with Crippen LogP contribution in [0.5, 0.6) is 0 Å². The van der Waals surface area contributed by atoms with Crippen LogP contribution in [0.1, 0.15) is 26.2 Å². The molecule has 3 heterocycles. The molecule has 0 radical (unpaired) electrons. The van der Waals surface area contributed by atoms with Gasteiger partial charge in [0.1, 0.15) is 6.04 Å². The molecule has 0 spiro atoms. The molecule has 0 bridgehead atoms. The van der Waals surface area contributed by atoms with Crippen LogP contribution < -0.4 is 4.90 Å². The Morgan fingerprint density at radius 1 is 1.45 bits per heavy atom. The largest absolute Gasteiger partial charge is 0.386 e. The zero-order valence-electron chi connectivity index (χ0n) is 11.7. The lowest BCUT2D eigenvalue weighted by Crippen LogP contribution is -2.65. The SMILES string of the molecule is CCC1(O)CN(C(=O)C2CCCN2c2ncccn2)C1. The molecule has 20 heavy (non-hydrogen) atoms. The first kappa shape index (κ1) is 13.3. The lowest BCUT2D eigenvalue weighted by Gasteiger charge is -2.47. The van der Waals surface area contributed by atoms with E-state index in [2.05, 4.69) is 9.97 Å². The van der Waals surface area contributed by atoms with Crippen molar-refractivity contribution in [1.82, 2.24) is 14.9 Å². The summed E-state index contributed by atoms with van der Waals surface area (Å²) in [4.78, 5) is 24.7. The summed E-state index contributed by atoms with van der Waals surface area (Å²) < 4.78 is 0. The molecule has 1 N–H and O–H groups in total. The van der Waals surface area contributed by atoms with E-state index in [9.17, 15) is 9.90 Å². The normalized spacial score (nSPS) is 24.6. The molecule has 0 saturated carbocycles. The number of nitrogens with zero attached hydrogens (tertiary/aromatic N) is 4. The Morgan fingerprint density at radius 2 is 2.15 bits per heavy atom. The van der Waals surface area contributed by atoms with Gasteiger partial charge in [-0.15, -0.1) is 0 Å². The van der Waals surface area contributed by atoms with Crippen LogP contribution in [0, 0.1) is 0 Å². The fourth-order valence-electron chi connectivity index (χ4n) is 2.96. The Hall–Kier alpha value is -1.69.